The van der Waals surface area contributed by atoms with Crippen LogP contribution in [0.2, 0.25) is 0 Å². The second-order valence-corrected chi connectivity index (χ2v) is 3.60. The van der Waals surface area contributed by atoms with Gasteiger partial charge in [-0.25, -0.2) is 5.43 Å². The molecule has 3 nitrogen and oxygen atoms in total. The minimum absolute atomic E-state index is 0.0743. The topological polar surface area (TPSA) is 41.1 Å². The Bertz CT molecular complexity index is 323. The average Bonchev–Trinajstić information content (AvgIpc) is 2.24. The molecular formula is C12H18N2O. The summed E-state index contributed by atoms with van der Waals surface area (Å²) < 4.78 is 0. The lowest BCUT2D eigenvalue weighted by Gasteiger charge is -2.06. The molecule has 0 aliphatic rings. The van der Waals surface area contributed by atoms with Crippen molar-refractivity contribution in [2.24, 2.45) is 0 Å². The van der Waals surface area contributed by atoms with E-state index in [0.29, 0.717) is 5.56 Å². The van der Waals surface area contributed by atoms with Crippen LogP contribution >= 0.6 is 0 Å². The van der Waals surface area contributed by atoms with Gasteiger partial charge in [0.05, 0.1) is 0 Å². The van der Waals surface area contributed by atoms with Crippen LogP contribution in [0.5, 0.6) is 0 Å². The molecule has 0 spiro atoms. The van der Waals surface area contributed by atoms with Crippen LogP contribution in [-0.2, 0) is 0 Å². The van der Waals surface area contributed by atoms with E-state index < -0.39 is 0 Å². The molecule has 0 unspecified atom stereocenters. The molecule has 0 bridgehead atoms. The average molecular weight is 206 g/mol. The van der Waals surface area contributed by atoms with Crippen LogP contribution in [0.1, 0.15) is 35.7 Å². The Morgan fingerprint density at radius 2 is 2.20 bits per heavy atom. The highest BCUT2D eigenvalue weighted by atomic mass is 16.2. The first-order valence-corrected chi connectivity index (χ1v) is 5.34. The third-order valence-electron chi connectivity index (χ3n) is 2.14. The minimum Gasteiger partial charge on any atom is -0.287 e. The molecule has 0 aromatic heterocycles. The Balaban J connectivity index is 2.40. The van der Waals surface area contributed by atoms with E-state index in [1.54, 1.807) is 0 Å². The number of amides is 1. The second-order valence-electron chi connectivity index (χ2n) is 3.60. The van der Waals surface area contributed by atoms with Crippen LogP contribution in [0.4, 0.5) is 0 Å². The molecule has 3 heteroatoms. The third kappa shape index (κ3) is 4.13. The molecule has 0 radical (unpaired) electrons. The summed E-state index contributed by atoms with van der Waals surface area (Å²) in [6, 6.07) is 7.54. The van der Waals surface area contributed by atoms with Gasteiger partial charge in [0.1, 0.15) is 0 Å². The lowest BCUT2D eigenvalue weighted by atomic mass is 10.1. The highest BCUT2D eigenvalue weighted by molar-refractivity contribution is 5.93. The van der Waals surface area contributed by atoms with Crippen molar-refractivity contribution in [1.29, 1.82) is 0 Å². The summed E-state index contributed by atoms with van der Waals surface area (Å²) >= 11 is 0. The molecule has 1 amide bonds. The highest BCUT2D eigenvalue weighted by Gasteiger charge is 2.03. The number of unbranched alkanes of at least 4 members (excludes halogenated alkanes) is 1. The monoisotopic (exact) mass is 206 g/mol. The summed E-state index contributed by atoms with van der Waals surface area (Å²) in [4.78, 5) is 11.6. The van der Waals surface area contributed by atoms with Crippen LogP contribution in [-0.4, -0.2) is 12.5 Å². The van der Waals surface area contributed by atoms with E-state index in [9.17, 15) is 4.79 Å². The number of nitrogens with one attached hydrogen (secondary N) is 2. The zero-order chi connectivity index (χ0) is 11.1. The first-order valence-electron chi connectivity index (χ1n) is 5.34. The van der Waals surface area contributed by atoms with Gasteiger partial charge >= 0.3 is 0 Å². The highest BCUT2D eigenvalue weighted by Crippen LogP contribution is 2.02. The summed E-state index contributed by atoms with van der Waals surface area (Å²) in [5.74, 6) is -0.0743. The van der Waals surface area contributed by atoms with Crippen LogP contribution in [0, 0.1) is 6.92 Å². The zero-order valence-corrected chi connectivity index (χ0v) is 9.34. The van der Waals surface area contributed by atoms with Gasteiger partial charge in [0.15, 0.2) is 0 Å². The Morgan fingerprint density at radius 1 is 1.40 bits per heavy atom. The van der Waals surface area contributed by atoms with Crippen molar-refractivity contribution in [3.8, 4) is 0 Å². The van der Waals surface area contributed by atoms with Crippen molar-refractivity contribution < 1.29 is 4.79 Å². The molecule has 82 valence electrons. The summed E-state index contributed by atoms with van der Waals surface area (Å²) in [5.41, 5.74) is 7.36. The Kier molecular flexibility index (Phi) is 4.84. The molecule has 0 fully saturated rings. The number of aryl methyl sites for hydroxylation is 1. The number of carbonyl (C=O) groups is 1. The maximum atomic E-state index is 11.6. The number of rotatable bonds is 5. The molecule has 1 rings (SSSR count). The molecule has 0 heterocycles. The van der Waals surface area contributed by atoms with Crippen molar-refractivity contribution in [1.82, 2.24) is 10.9 Å². The Morgan fingerprint density at radius 3 is 2.87 bits per heavy atom. The van der Waals surface area contributed by atoms with Crippen LogP contribution < -0.4 is 10.9 Å². The van der Waals surface area contributed by atoms with E-state index in [4.69, 9.17) is 0 Å². The minimum atomic E-state index is -0.0743. The van der Waals surface area contributed by atoms with E-state index in [-0.39, 0.29) is 5.91 Å². The number of benzene rings is 1. The normalized spacial score (nSPS) is 10.0. The Hall–Kier alpha value is -1.35. The van der Waals surface area contributed by atoms with Gasteiger partial charge in [0, 0.05) is 12.1 Å². The van der Waals surface area contributed by atoms with Gasteiger partial charge in [0.2, 0.25) is 0 Å². The quantitative estimate of drug-likeness (QED) is 0.571. The van der Waals surface area contributed by atoms with Gasteiger partial charge in [0.25, 0.3) is 5.91 Å². The first kappa shape index (κ1) is 11.7. The molecule has 0 aliphatic carbocycles. The molecule has 1 aromatic rings. The van der Waals surface area contributed by atoms with Crippen molar-refractivity contribution in [3.05, 3.63) is 35.4 Å². The fourth-order valence-corrected chi connectivity index (χ4v) is 1.27. The first-order chi connectivity index (χ1) is 7.24. The third-order valence-corrected chi connectivity index (χ3v) is 2.14. The van der Waals surface area contributed by atoms with Gasteiger partial charge in [-0.15, -0.1) is 0 Å². The fraction of sp³-hybridized carbons (Fsp3) is 0.417. The van der Waals surface area contributed by atoms with Crippen LogP contribution in [0.15, 0.2) is 24.3 Å². The van der Waals surface area contributed by atoms with Crippen molar-refractivity contribution >= 4 is 5.91 Å². The second kappa shape index (κ2) is 6.19. The predicted octanol–water partition coefficient (Wildman–Crippen LogP) is 2.03. The molecule has 0 saturated heterocycles. The van der Waals surface area contributed by atoms with E-state index in [1.165, 1.54) is 0 Å². The van der Waals surface area contributed by atoms with Crippen molar-refractivity contribution in [2.45, 2.75) is 26.7 Å². The fourth-order valence-electron chi connectivity index (χ4n) is 1.27. The SMILES string of the molecule is CCCCNNC(=O)c1cccc(C)c1. The Labute approximate surface area is 90.9 Å². The standard InChI is InChI=1S/C12H18N2O/c1-3-4-8-13-14-12(15)11-7-5-6-10(2)9-11/h5-7,9,13H,3-4,8H2,1-2H3,(H,14,15). The lowest BCUT2D eigenvalue weighted by Crippen LogP contribution is -2.37. The predicted molar refractivity (Wildman–Crippen MR) is 61.6 cm³/mol. The van der Waals surface area contributed by atoms with Gasteiger partial charge < -0.3 is 0 Å². The van der Waals surface area contributed by atoms with Crippen molar-refractivity contribution in [3.63, 3.8) is 0 Å². The molecule has 1 aromatic carbocycles. The van der Waals surface area contributed by atoms with Gasteiger partial charge in [-0.1, -0.05) is 31.0 Å². The molecule has 0 atom stereocenters. The molecular weight excluding hydrogens is 188 g/mol. The van der Waals surface area contributed by atoms with Crippen LogP contribution in [0.25, 0.3) is 0 Å². The van der Waals surface area contributed by atoms with E-state index in [2.05, 4.69) is 17.8 Å². The molecule has 15 heavy (non-hydrogen) atoms. The number of hydrogen-bond acceptors (Lipinski definition) is 2. The summed E-state index contributed by atoms with van der Waals surface area (Å²) in [6.07, 6.45) is 2.18. The van der Waals surface area contributed by atoms with Gasteiger partial charge in [-0.3, -0.25) is 10.2 Å². The summed E-state index contributed by atoms with van der Waals surface area (Å²) in [6.45, 7) is 4.90. The summed E-state index contributed by atoms with van der Waals surface area (Å²) in [7, 11) is 0. The largest absolute Gasteiger partial charge is 0.287 e. The molecule has 0 saturated carbocycles. The smallest absolute Gasteiger partial charge is 0.265 e. The molecule has 2 N–H and O–H groups in total. The van der Waals surface area contributed by atoms with E-state index >= 15 is 0 Å². The van der Waals surface area contributed by atoms with Gasteiger partial charge in [-0.05, 0) is 25.5 Å². The maximum absolute atomic E-state index is 11.6. The van der Waals surface area contributed by atoms with Crippen molar-refractivity contribution in [2.75, 3.05) is 6.54 Å². The van der Waals surface area contributed by atoms with E-state index in [1.807, 2.05) is 31.2 Å². The lowest BCUT2D eigenvalue weighted by molar-refractivity contribution is 0.0933. The summed E-state index contributed by atoms with van der Waals surface area (Å²) in [5, 5.41) is 0. The van der Waals surface area contributed by atoms with Crippen LogP contribution in [0.3, 0.4) is 0 Å². The number of hydrogen-bond donors (Lipinski definition) is 2. The van der Waals surface area contributed by atoms with E-state index in [0.717, 1.165) is 24.9 Å². The molecule has 0 aliphatic heterocycles. The zero-order valence-electron chi connectivity index (χ0n) is 9.34. The number of carbonyl (C=O) groups excluding carboxylic acids is 1. The number of hydrazine groups is 1. The maximum Gasteiger partial charge on any atom is 0.265 e. The van der Waals surface area contributed by atoms with Gasteiger partial charge in [-0.2, -0.15) is 0 Å².